The minimum Gasteiger partial charge on any atom is -0.496 e. The minimum atomic E-state index is -1.67. The molecule has 1 aromatic carbocycles. The van der Waals surface area contributed by atoms with Gasteiger partial charge in [0.05, 0.1) is 59.5 Å². The van der Waals surface area contributed by atoms with Gasteiger partial charge in [-0.3, -0.25) is 0 Å². The molecule has 2 unspecified atom stereocenters. The van der Waals surface area contributed by atoms with Crippen LogP contribution in [0.4, 0.5) is 0 Å². The van der Waals surface area contributed by atoms with Gasteiger partial charge in [0.2, 0.25) is 0 Å². The standard InChI is InChI=1S/C54H78B2O10S4/c1-9-15-20-36(14-6)31-62-40-30-37(41-21-23-44(67-41)50-46-48(52(70-50)56(59)61-8)66-35-54(33-64-46,27-18-12-4)28-19-13-5)39(60-7)29-38(40)42-22-24-43(68-42)49-45-47(51(69-49)55(57)58)65-34-53(32-63-45,25-16-10-2)26-17-11-3/h21,23-24,29-30,36,42,57-59H,9-20,22,25-28,31-35H2,1-8H3. The molecule has 7 rings (SSSR count). The number of thioether (sulfide) groups is 1. The van der Waals surface area contributed by atoms with E-state index in [1.54, 1.807) is 30.2 Å². The fourth-order valence-electron chi connectivity index (χ4n) is 9.98. The lowest BCUT2D eigenvalue weighted by atomic mass is 9.79. The van der Waals surface area contributed by atoms with Crippen molar-refractivity contribution in [3.05, 3.63) is 40.8 Å². The van der Waals surface area contributed by atoms with Crippen LogP contribution in [0.15, 0.2) is 30.3 Å². The van der Waals surface area contributed by atoms with Gasteiger partial charge in [-0.1, -0.05) is 118 Å². The molecule has 0 saturated carbocycles. The van der Waals surface area contributed by atoms with Gasteiger partial charge in [0.1, 0.15) is 11.5 Å². The van der Waals surface area contributed by atoms with Crippen molar-refractivity contribution < 1.29 is 48.1 Å². The van der Waals surface area contributed by atoms with Crippen LogP contribution >= 0.6 is 45.8 Å². The number of allylic oxidation sites excluding steroid dienone is 1. The summed E-state index contributed by atoms with van der Waals surface area (Å²) in [5.41, 5.74) is 1.76. The van der Waals surface area contributed by atoms with Gasteiger partial charge < -0.3 is 48.1 Å². The Kier molecular flexibility index (Phi) is 20.3. The summed E-state index contributed by atoms with van der Waals surface area (Å²) >= 11 is 6.22. The van der Waals surface area contributed by atoms with Gasteiger partial charge in [-0.15, -0.1) is 45.8 Å². The molecule has 3 aliphatic rings. The quantitative estimate of drug-likeness (QED) is 0.0494. The van der Waals surface area contributed by atoms with E-state index < -0.39 is 14.2 Å². The first-order chi connectivity index (χ1) is 34.0. The number of methoxy groups -OCH3 is 1. The van der Waals surface area contributed by atoms with Gasteiger partial charge in [0.15, 0.2) is 23.0 Å². The molecule has 70 heavy (non-hydrogen) atoms. The summed E-state index contributed by atoms with van der Waals surface area (Å²) in [6.45, 7) is 16.1. The molecule has 384 valence electrons. The van der Waals surface area contributed by atoms with Gasteiger partial charge >= 0.3 is 14.2 Å². The zero-order valence-corrected chi connectivity index (χ0v) is 46.4. The molecular formula is C54H78B2O10S4. The van der Waals surface area contributed by atoms with E-state index >= 15 is 0 Å². The normalized spacial score (nSPS) is 17.5. The topological polar surface area (TPSA) is 125 Å². The van der Waals surface area contributed by atoms with Crippen molar-refractivity contribution in [2.24, 2.45) is 16.7 Å². The molecule has 3 aliphatic heterocycles. The molecular weight excluding hydrogens is 958 g/mol. The molecule has 0 aliphatic carbocycles. The summed E-state index contributed by atoms with van der Waals surface area (Å²) < 4.78 is 46.6. The van der Waals surface area contributed by atoms with Crippen LogP contribution in [0.2, 0.25) is 0 Å². The van der Waals surface area contributed by atoms with Crippen LogP contribution in [-0.2, 0) is 4.65 Å². The Morgan fingerprint density at radius 3 is 1.74 bits per heavy atom. The number of hydrogen-bond acceptors (Lipinski definition) is 14. The van der Waals surface area contributed by atoms with Crippen molar-refractivity contribution in [3.63, 3.8) is 0 Å². The van der Waals surface area contributed by atoms with Crippen molar-refractivity contribution in [3.8, 4) is 54.7 Å². The van der Waals surface area contributed by atoms with Crippen LogP contribution in [0.25, 0.3) is 25.1 Å². The number of ether oxygens (including phenoxy) is 6. The minimum absolute atomic E-state index is 0.00819. The summed E-state index contributed by atoms with van der Waals surface area (Å²) in [4.78, 5) is 4.86. The second-order valence-corrected chi connectivity index (χ2v) is 24.3. The fraction of sp³-hybridized carbons (Fsp3) is 0.630. The lowest BCUT2D eigenvalue weighted by molar-refractivity contribution is 0.0795. The third-order valence-electron chi connectivity index (χ3n) is 14.5. The average Bonchev–Trinajstić information content (AvgIpc) is 4.17. The van der Waals surface area contributed by atoms with Crippen LogP contribution < -0.4 is 38.0 Å². The Hall–Kier alpha value is -2.82. The Balaban J connectivity index is 1.22. The van der Waals surface area contributed by atoms with E-state index in [4.69, 9.17) is 33.1 Å². The molecule has 4 aromatic rings. The summed E-state index contributed by atoms with van der Waals surface area (Å²) in [7, 11) is 0.427. The fourth-order valence-corrected chi connectivity index (χ4v) is 14.7. The monoisotopic (exact) mass is 1040 g/mol. The molecule has 2 atom stereocenters. The Bertz CT molecular complexity index is 2310. The van der Waals surface area contributed by atoms with E-state index in [1.807, 2.05) is 0 Å². The molecule has 10 nitrogen and oxygen atoms in total. The number of unbranched alkanes of at least 4 members (excludes halogenated alkanes) is 5. The third kappa shape index (κ3) is 12.6. The Labute approximate surface area is 435 Å². The molecule has 6 heterocycles. The maximum absolute atomic E-state index is 11.1. The Morgan fingerprint density at radius 2 is 1.20 bits per heavy atom. The first kappa shape index (κ1) is 54.9. The van der Waals surface area contributed by atoms with Crippen LogP contribution in [0.3, 0.4) is 0 Å². The highest BCUT2D eigenvalue weighted by atomic mass is 32.2. The SMILES string of the molecule is CCCCC(CC)COc1cc(-c2ccc(-c3sc(B(O)OC)c4c3OCC(CCCC)(CCCC)CO4)s2)c(OC)cc1C1CC=C(c2sc(B(O)O)c3c2OCC(CCCC)(CCCC)CO3)S1. The van der Waals surface area contributed by atoms with E-state index in [2.05, 4.69) is 71.9 Å². The van der Waals surface area contributed by atoms with Gasteiger partial charge in [0, 0.05) is 49.0 Å². The number of hydrogen-bond donors (Lipinski definition) is 3. The molecule has 3 aromatic heterocycles. The molecule has 0 saturated heterocycles. The second kappa shape index (κ2) is 25.9. The third-order valence-corrected chi connectivity index (χ3v) is 19.7. The first-order valence-electron chi connectivity index (χ1n) is 26.2. The molecule has 0 bridgehead atoms. The lowest BCUT2D eigenvalue weighted by Gasteiger charge is -2.31. The summed E-state index contributed by atoms with van der Waals surface area (Å²) in [6, 6.07) is 8.59. The van der Waals surface area contributed by atoms with Crippen molar-refractivity contribution >= 4 is 74.5 Å². The molecule has 3 N–H and O–H groups in total. The van der Waals surface area contributed by atoms with Gasteiger partial charge in [-0.05, 0) is 68.7 Å². The first-order valence-corrected chi connectivity index (χ1v) is 29.6. The van der Waals surface area contributed by atoms with Crippen LogP contribution in [0.1, 0.15) is 166 Å². The van der Waals surface area contributed by atoms with E-state index in [0.29, 0.717) is 71.5 Å². The van der Waals surface area contributed by atoms with Crippen LogP contribution in [0.5, 0.6) is 34.5 Å². The molecule has 0 fully saturated rings. The van der Waals surface area contributed by atoms with Gasteiger partial charge in [0.25, 0.3) is 0 Å². The summed E-state index contributed by atoms with van der Waals surface area (Å²) in [5, 5.41) is 32.4. The lowest BCUT2D eigenvalue weighted by Crippen LogP contribution is -2.35. The highest BCUT2D eigenvalue weighted by Gasteiger charge is 2.42. The van der Waals surface area contributed by atoms with Crippen molar-refractivity contribution in [1.29, 1.82) is 0 Å². The van der Waals surface area contributed by atoms with E-state index in [0.717, 1.165) is 156 Å². The predicted molar refractivity (Wildman–Crippen MR) is 295 cm³/mol. The number of rotatable bonds is 27. The molecule has 16 heteroatoms. The summed E-state index contributed by atoms with van der Waals surface area (Å²) in [6.07, 6.45) is 20.3. The van der Waals surface area contributed by atoms with Crippen LogP contribution in [-0.4, -0.2) is 76.6 Å². The highest BCUT2D eigenvalue weighted by Crippen LogP contribution is 2.57. The van der Waals surface area contributed by atoms with Crippen molar-refractivity contribution in [1.82, 2.24) is 0 Å². The predicted octanol–water partition coefficient (Wildman–Crippen LogP) is 13.3. The van der Waals surface area contributed by atoms with Crippen molar-refractivity contribution in [2.75, 3.05) is 47.3 Å². The zero-order valence-electron chi connectivity index (χ0n) is 43.1. The largest absolute Gasteiger partial charge is 0.505 e. The van der Waals surface area contributed by atoms with Gasteiger partial charge in [-0.2, -0.15) is 0 Å². The zero-order chi connectivity index (χ0) is 49.8. The number of fused-ring (bicyclic) bond motifs is 2. The molecule has 0 spiro atoms. The molecule has 0 amide bonds. The van der Waals surface area contributed by atoms with E-state index in [9.17, 15) is 15.1 Å². The highest BCUT2D eigenvalue weighted by molar-refractivity contribution is 8.09. The average molecular weight is 1040 g/mol. The second-order valence-electron chi connectivity index (χ2n) is 19.8. The molecule has 0 radical (unpaired) electrons. The number of benzene rings is 1. The van der Waals surface area contributed by atoms with Crippen molar-refractivity contribution in [2.45, 2.75) is 156 Å². The number of thiophene rings is 3. The maximum Gasteiger partial charge on any atom is 0.505 e. The van der Waals surface area contributed by atoms with Crippen LogP contribution in [0, 0.1) is 16.7 Å². The van der Waals surface area contributed by atoms with E-state index in [-0.39, 0.29) is 16.1 Å². The maximum atomic E-state index is 11.1. The smallest absolute Gasteiger partial charge is 0.496 e. The summed E-state index contributed by atoms with van der Waals surface area (Å²) in [5.74, 6) is 4.37. The van der Waals surface area contributed by atoms with E-state index in [1.165, 1.54) is 29.8 Å². The Morgan fingerprint density at radius 1 is 0.657 bits per heavy atom. The van der Waals surface area contributed by atoms with Gasteiger partial charge in [-0.25, -0.2) is 0 Å².